The van der Waals surface area contributed by atoms with Gasteiger partial charge in [-0.1, -0.05) is 24.3 Å². The van der Waals surface area contributed by atoms with Gasteiger partial charge in [0, 0.05) is 23.7 Å². The third kappa shape index (κ3) is 3.67. The molecule has 0 aliphatic rings. The lowest BCUT2D eigenvalue weighted by Gasteiger charge is -2.13. The highest BCUT2D eigenvalue weighted by atomic mass is 19.1. The molecule has 0 atom stereocenters. The number of ether oxygens (including phenoxy) is 1. The third-order valence-electron chi connectivity index (χ3n) is 4.85. The highest BCUT2D eigenvalue weighted by Gasteiger charge is 2.17. The van der Waals surface area contributed by atoms with Gasteiger partial charge in [-0.3, -0.25) is 9.59 Å². The van der Waals surface area contributed by atoms with Gasteiger partial charge in [-0.05, 0) is 54.1 Å². The molecule has 0 aliphatic heterocycles. The van der Waals surface area contributed by atoms with E-state index in [2.05, 4.69) is 0 Å². The van der Waals surface area contributed by atoms with Crippen LogP contribution in [0, 0.1) is 5.82 Å². The number of hydrogen-bond donors (Lipinski definition) is 0. The first-order valence-corrected chi connectivity index (χ1v) is 9.12. The summed E-state index contributed by atoms with van der Waals surface area (Å²) >= 11 is 0. The first-order valence-electron chi connectivity index (χ1n) is 9.12. The molecule has 0 bridgehead atoms. The maximum absolute atomic E-state index is 13.2. The summed E-state index contributed by atoms with van der Waals surface area (Å²) in [4.78, 5) is 26.1. The summed E-state index contributed by atoms with van der Waals surface area (Å²) in [7, 11) is 1.55. The van der Waals surface area contributed by atoms with E-state index in [1.54, 1.807) is 61.8 Å². The van der Waals surface area contributed by atoms with Gasteiger partial charge >= 0.3 is 0 Å². The van der Waals surface area contributed by atoms with Crippen molar-refractivity contribution in [2.45, 2.75) is 6.54 Å². The molecule has 0 radical (unpaired) electrons. The van der Waals surface area contributed by atoms with Crippen molar-refractivity contribution in [2.24, 2.45) is 0 Å². The molecule has 0 saturated carbocycles. The van der Waals surface area contributed by atoms with Crippen molar-refractivity contribution < 1.29 is 13.9 Å². The number of pyridine rings is 1. The Morgan fingerprint density at radius 2 is 1.66 bits per heavy atom. The molecule has 4 nitrogen and oxygen atoms in total. The minimum Gasteiger partial charge on any atom is -0.497 e. The number of ketones is 1. The second-order valence-electron chi connectivity index (χ2n) is 6.70. The molecule has 0 spiro atoms. The second-order valence-corrected chi connectivity index (χ2v) is 6.70. The average molecular weight is 387 g/mol. The van der Waals surface area contributed by atoms with Gasteiger partial charge in [-0.15, -0.1) is 0 Å². The minimum atomic E-state index is -0.351. The maximum atomic E-state index is 13.2. The fraction of sp³-hybridized carbons (Fsp3) is 0.0833. The quantitative estimate of drug-likeness (QED) is 0.476. The first-order chi connectivity index (χ1) is 14.1. The predicted molar refractivity (Wildman–Crippen MR) is 110 cm³/mol. The van der Waals surface area contributed by atoms with Crippen LogP contribution in [-0.2, 0) is 6.54 Å². The minimum absolute atomic E-state index is 0.0935. The Balaban J connectivity index is 1.83. The molecule has 0 fully saturated rings. The highest BCUT2D eigenvalue weighted by molar-refractivity contribution is 6.10. The van der Waals surface area contributed by atoms with Gasteiger partial charge in [-0.2, -0.15) is 0 Å². The summed E-state index contributed by atoms with van der Waals surface area (Å²) in [6.07, 6.45) is 1.58. The molecule has 4 rings (SSSR count). The number of rotatable bonds is 5. The number of halogens is 1. The molecule has 1 aromatic heterocycles. The molecule has 0 unspecified atom stereocenters. The van der Waals surface area contributed by atoms with Crippen LogP contribution in [0.1, 0.15) is 21.5 Å². The van der Waals surface area contributed by atoms with Crippen molar-refractivity contribution in [1.82, 2.24) is 4.57 Å². The van der Waals surface area contributed by atoms with Crippen molar-refractivity contribution in [3.05, 3.63) is 112 Å². The maximum Gasteiger partial charge on any atom is 0.200 e. The smallest absolute Gasteiger partial charge is 0.200 e. The number of methoxy groups -OCH3 is 1. The zero-order valence-corrected chi connectivity index (χ0v) is 15.8. The Kier molecular flexibility index (Phi) is 4.96. The lowest BCUT2D eigenvalue weighted by atomic mass is 10.0. The fourth-order valence-electron chi connectivity index (χ4n) is 3.32. The Bertz CT molecular complexity index is 1240. The summed E-state index contributed by atoms with van der Waals surface area (Å²) in [5.41, 5.74) is 1.77. The van der Waals surface area contributed by atoms with Crippen molar-refractivity contribution in [2.75, 3.05) is 7.11 Å². The van der Waals surface area contributed by atoms with E-state index >= 15 is 0 Å². The highest BCUT2D eigenvalue weighted by Crippen LogP contribution is 2.18. The molecular weight excluding hydrogens is 369 g/mol. The lowest BCUT2D eigenvalue weighted by Crippen LogP contribution is -2.20. The molecule has 3 aromatic carbocycles. The van der Waals surface area contributed by atoms with E-state index in [0.29, 0.717) is 28.8 Å². The van der Waals surface area contributed by atoms with Gasteiger partial charge in [0.2, 0.25) is 5.43 Å². The number of carbonyl (C=O) groups is 1. The summed E-state index contributed by atoms with van der Waals surface area (Å²) in [6.45, 7) is 0.407. The van der Waals surface area contributed by atoms with Crippen LogP contribution in [0.5, 0.6) is 5.75 Å². The zero-order valence-electron chi connectivity index (χ0n) is 15.8. The normalized spacial score (nSPS) is 10.8. The van der Waals surface area contributed by atoms with Crippen LogP contribution in [0.3, 0.4) is 0 Å². The molecule has 0 aliphatic carbocycles. The van der Waals surface area contributed by atoms with Crippen molar-refractivity contribution in [3.63, 3.8) is 0 Å². The first kappa shape index (κ1) is 18.6. The molecule has 4 aromatic rings. The van der Waals surface area contributed by atoms with Gasteiger partial charge in [0.15, 0.2) is 5.78 Å². The van der Waals surface area contributed by atoms with Crippen LogP contribution in [0.2, 0.25) is 0 Å². The topological polar surface area (TPSA) is 48.3 Å². The van der Waals surface area contributed by atoms with Crippen LogP contribution in [0.25, 0.3) is 10.9 Å². The van der Waals surface area contributed by atoms with Crippen molar-refractivity contribution >= 4 is 16.7 Å². The number of hydrogen-bond acceptors (Lipinski definition) is 3. The largest absolute Gasteiger partial charge is 0.497 e. The number of para-hydroxylation sites is 1. The second kappa shape index (κ2) is 7.72. The van der Waals surface area contributed by atoms with Crippen molar-refractivity contribution in [1.29, 1.82) is 0 Å². The SMILES string of the molecule is COc1ccc(C(=O)c2cn(Cc3ccc(F)cc3)c3ccccc3c2=O)cc1. The van der Waals surface area contributed by atoms with Crippen LogP contribution < -0.4 is 10.2 Å². The van der Waals surface area contributed by atoms with E-state index in [1.807, 2.05) is 16.7 Å². The summed E-state index contributed by atoms with van der Waals surface area (Å²) < 4.78 is 20.2. The number of aromatic nitrogens is 1. The summed E-state index contributed by atoms with van der Waals surface area (Å²) in [5.74, 6) is -0.0288. The third-order valence-corrected chi connectivity index (χ3v) is 4.85. The van der Waals surface area contributed by atoms with E-state index in [0.717, 1.165) is 5.56 Å². The van der Waals surface area contributed by atoms with E-state index in [4.69, 9.17) is 4.74 Å². The predicted octanol–water partition coefficient (Wildman–Crippen LogP) is 4.43. The monoisotopic (exact) mass is 387 g/mol. The molecule has 0 N–H and O–H groups in total. The number of nitrogens with zero attached hydrogens (tertiary/aromatic N) is 1. The number of fused-ring (bicyclic) bond motifs is 1. The molecule has 1 heterocycles. The van der Waals surface area contributed by atoms with E-state index < -0.39 is 0 Å². The molecule has 5 heteroatoms. The Hall–Kier alpha value is -3.73. The Morgan fingerprint density at radius 1 is 0.966 bits per heavy atom. The summed E-state index contributed by atoms with van der Waals surface area (Å²) in [5, 5.41) is 0.467. The van der Waals surface area contributed by atoms with Gasteiger partial charge in [-0.25, -0.2) is 4.39 Å². The van der Waals surface area contributed by atoms with E-state index in [9.17, 15) is 14.0 Å². The standard InChI is InChI=1S/C24H18FNO3/c1-29-19-12-8-17(9-13-19)23(27)21-15-26(14-16-6-10-18(25)11-7-16)22-5-3-2-4-20(22)24(21)28/h2-13,15H,14H2,1H3. The molecule has 29 heavy (non-hydrogen) atoms. The van der Waals surface area contributed by atoms with E-state index in [1.165, 1.54) is 12.1 Å². The van der Waals surface area contributed by atoms with Gasteiger partial charge in [0.1, 0.15) is 11.6 Å². The molecule has 0 saturated heterocycles. The molecule has 144 valence electrons. The molecular formula is C24H18FNO3. The summed E-state index contributed by atoms with van der Waals surface area (Å²) in [6, 6.07) is 20.0. The van der Waals surface area contributed by atoms with Crippen LogP contribution in [0.4, 0.5) is 4.39 Å². The Labute approximate surface area is 166 Å². The Morgan fingerprint density at radius 3 is 2.34 bits per heavy atom. The van der Waals surface area contributed by atoms with Crippen LogP contribution >= 0.6 is 0 Å². The number of benzene rings is 3. The fourth-order valence-corrected chi connectivity index (χ4v) is 3.32. The number of carbonyl (C=O) groups excluding carboxylic acids is 1. The average Bonchev–Trinajstić information content (AvgIpc) is 2.77. The molecule has 0 amide bonds. The van der Waals surface area contributed by atoms with Crippen LogP contribution in [0.15, 0.2) is 83.8 Å². The van der Waals surface area contributed by atoms with E-state index in [-0.39, 0.29) is 22.6 Å². The van der Waals surface area contributed by atoms with Gasteiger partial charge < -0.3 is 9.30 Å². The lowest BCUT2D eigenvalue weighted by molar-refractivity contribution is 0.103. The van der Waals surface area contributed by atoms with Crippen molar-refractivity contribution in [3.8, 4) is 5.75 Å². The van der Waals surface area contributed by atoms with Crippen LogP contribution in [-0.4, -0.2) is 17.5 Å². The van der Waals surface area contributed by atoms with Gasteiger partial charge in [0.25, 0.3) is 0 Å². The van der Waals surface area contributed by atoms with Gasteiger partial charge in [0.05, 0.1) is 18.2 Å². The zero-order chi connectivity index (χ0) is 20.4.